The molecule has 0 aromatic heterocycles. The molecule has 0 unspecified atom stereocenters. The number of halogens is 1. The van der Waals surface area contributed by atoms with E-state index >= 15 is 0 Å². The monoisotopic (exact) mass is 378 g/mol. The molecule has 1 amide bonds. The molecule has 0 saturated heterocycles. The van der Waals surface area contributed by atoms with Crippen LogP contribution in [0, 0.1) is 5.82 Å². The smallest absolute Gasteiger partial charge is 0.241 e. The number of rotatable bonds is 8. The highest BCUT2D eigenvalue weighted by Crippen LogP contribution is 2.12. The van der Waals surface area contributed by atoms with Crippen LogP contribution in [-0.4, -0.2) is 26.4 Å². The van der Waals surface area contributed by atoms with Crippen LogP contribution in [0.4, 0.5) is 4.39 Å². The molecule has 0 fully saturated rings. The van der Waals surface area contributed by atoms with E-state index in [1.165, 1.54) is 12.1 Å². The van der Waals surface area contributed by atoms with Crippen LogP contribution < -0.4 is 10.0 Å². The molecule has 0 aliphatic heterocycles. The predicted molar refractivity (Wildman–Crippen MR) is 98.6 cm³/mol. The summed E-state index contributed by atoms with van der Waals surface area (Å²) in [5.41, 5.74) is 0.832. The summed E-state index contributed by atoms with van der Waals surface area (Å²) in [5.74, 6) is -0.923. The molecule has 140 valence electrons. The van der Waals surface area contributed by atoms with Gasteiger partial charge < -0.3 is 5.32 Å². The van der Waals surface area contributed by atoms with Crippen molar-refractivity contribution in [3.63, 3.8) is 0 Å². The van der Waals surface area contributed by atoms with Crippen molar-refractivity contribution in [1.29, 1.82) is 0 Å². The Morgan fingerprint density at radius 2 is 1.69 bits per heavy atom. The Morgan fingerprint density at radius 3 is 2.27 bits per heavy atom. The Labute approximate surface area is 153 Å². The minimum Gasteiger partial charge on any atom is -0.352 e. The highest BCUT2D eigenvalue weighted by molar-refractivity contribution is 7.89. The Balaban J connectivity index is 2.24. The van der Waals surface area contributed by atoms with E-state index in [0.29, 0.717) is 0 Å². The molecule has 2 aromatic rings. The fourth-order valence-electron chi connectivity index (χ4n) is 2.35. The van der Waals surface area contributed by atoms with Crippen LogP contribution in [0.1, 0.15) is 25.8 Å². The fraction of sp³-hybridized carbons (Fsp3) is 0.316. The second-order valence-electron chi connectivity index (χ2n) is 6.14. The summed E-state index contributed by atoms with van der Waals surface area (Å²) in [4.78, 5) is 12.5. The van der Waals surface area contributed by atoms with Crippen molar-refractivity contribution in [2.75, 3.05) is 0 Å². The lowest BCUT2D eigenvalue weighted by Gasteiger charge is -2.21. The summed E-state index contributed by atoms with van der Waals surface area (Å²) in [7, 11) is -3.96. The predicted octanol–water partition coefficient (Wildman–Crippen LogP) is 2.63. The largest absolute Gasteiger partial charge is 0.352 e. The van der Waals surface area contributed by atoms with Crippen molar-refractivity contribution in [1.82, 2.24) is 10.0 Å². The molecule has 5 nitrogen and oxygen atoms in total. The van der Waals surface area contributed by atoms with Crippen molar-refractivity contribution in [3.8, 4) is 0 Å². The summed E-state index contributed by atoms with van der Waals surface area (Å²) >= 11 is 0. The van der Waals surface area contributed by atoms with Gasteiger partial charge in [0.25, 0.3) is 0 Å². The second kappa shape index (κ2) is 8.91. The highest BCUT2D eigenvalue weighted by Gasteiger charge is 2.26. The third kappa shape index (κ3) is 5.64. The SMILES string of the molecule is CC[C@@H](C)NC(=O)[C@H](Cc1ccccc1)NS(=O)(=O)c1ccc(F)cc1. The second-order valence-corrected chi connectivity index (χ2v) is 7.85. The minimum absolute atomic E-state index is 0.0731. The molecule has 2 aromatic carbocycles. The van der Waals surface area contributed by atoms with E-state index in [9.17, 15) is 17.6 Å². The van der Waals surface area contributed by atoms with Crippen LogP contribution in [0.5, 0.6) is 0 Å². The molecule has 2 N–H and O–H groups in total. The Bertz CT molecular complexity index is 824. The van der Waals surface area contributed by atoms with E-state index < -0.39 is 27.8 Å². The first-order valence-corrected chi connectivity index (χ1v) is 9.92. The van der Waals surface area contributed by atoms with E-state index in [1.807, 2.05) is 44.2 Å². The summed E-state index contributed by atoms with van der Waals surface area (Å²) in [6.07, 6.45) is 0.943. The van der Waals surface area contributed by atoms with Crippen molar-refractivity contribution in [2.45, 2.75) is 43.7 Å². The Kier molecular flexibility index (Phi) is 6.88. The highest BCUT2D eigenvalue weighted by atomic mass is 32.2. The third-order valence-electron chi connectivity index (χ3n) is 4.02. The first-order chi connectivity index (χ1) is 12.3. The van der Waals surface area contributed by atoms with Gasteiger partial charge in [-0.05, 0) is 49.6 Å². The van der Waals surface area contributed by atoms with E-state index in [0.717, 1.165) is 24.1 Å². The normalized spacial score (nSPS) is 13.8. The van der Waals surface area contributed by atoms with Crippen LogP contribution in [-0.2, 0) is 21.2 Å². The molecular weight excluding hydrogens is 355 g/mol. The number of sulfonamides is 1. The lowest BCUT2D eigenvalue weighted by molar-refractivity contribution is -0.123. The van der Waals surface area contributed by atoms with Gasteiger partial charge in [-0.3, -0.25) is 4.79 Å². The first kappa shape index (κ1) is 20.1. The van der Waals surface area contributed by atoms with Gasteiger partial charge in [0.2, 0.25) is 15.9 Å². The number of hydrogen-bond acceptors (Lipinski definition) is 3. The van der Waals surface area contributed by atoms with Crippen molar-refractivity contribution >= 4 is 15.9 Å². The van der Waals surface area contributed by atoms with Gasteiger partial charge in [0, 0.05) is 6.04 Å². The summed E-state index contributed by atoms with van der Waals surface area (Å²) in [6, 6.07) is 12.6. The average Bonchev–Trinajstić information content (AvgIpc) is 2.62. The molecule has 0 saturated carbocycles. The van der Waals surface area contributed by atoms with E-state index in [-0.39, 0.29) is 17.4 Å². The van der Waals surface area contributed by atoms with Crippen LogP contribution in [0.15, 0.2) is 59.5 Å². The zero-order valence-corrected chi connectivity index (χ0v) is 15.6. The molecule has 0 spiro atoms. The standard InChI is InChI=1S/C19H23FN2O3S/c1-3-14(2)21-19(23)18(13-15-7-5-4-6-8-15)22-26(24,25)17-11-9-16(20)10-12-17/h4-12,14,18,22H,3,13H2,1-2H3,(H,21,23)/t14-,18+/m1/s1. The van der Waals surface area contributed by atoms with Gasteiger partial charge >= 0.3 is 0 Å². The van der Waals surface area contributed by atoms with Gasteiger partial charge in [-0.25, -0.2) is 12.8 Å². The quantitative estimate of drug-likeness (QED) is 0.741. The molecule has 2 atom stereocenters. The number of hydrogen-bond donors (Lipinski definition) is 2. The molecule has 2 rings (SSSR count). The topological polar surface area (TPSA) is 75.3 Å². The van der Waals surface area contributed by atoms with Crippen LogP contribution >= 0.6 is 0 Å². The molecule has 0 radical (unpaired) electrons. The molecular formula is C19H23FN2O3S. The van der Waals surface area contributed by atoms with Crippen LogP contribution in [0.3, 0.4) is 0 Å². The summed E-state index contributed by atoms with van der Waals surface area (Å²) in [6.45, 7) is 3.78. The molecule has 0 aliphatic rings. The zero-order valence-electron chi connectivity index (χ0n) is 14.8. The first-order valence-electron chi connectivity index (χ1n) is 8.44. The maximum Gasteiger partial charge on any atom is 0.241 e. The van der Waals surface area contributed by atoms with Crippen molar-refractivity contribution in [2.24, 2.45) is 0 Å². The number of benzene rings is 2. The van der Waals surface area contributed by atoms with Gasteiger partial charge in [0.05, 0.1) is 4.90 Å². The van der Waals surface area contributed by atoms with E-state index in [1.54, 1.807) is 0 Å². The van der Waals surface area contributed by atoms with E-state index in [2.05, 4.69) is 10.0 Å². The maximum absolute atomic E-state index is 13.1. The average molecular weight is 378 g/mol. The molecule has 0 bridgehead atoms. The van der Waals surface area contributed by atoms with Crippen LogP contribution in [0.25, 0.3) is 0 Å². The van der Waals surface area contributed by atoms with Gasteiger partial charge in [-0.15, -0.1) is 0 Å². The summed E-state index contributed by atoms with van der Waals surface area (Å²) < 4.78 is 40.7. The Morgan fingerprint density at radius 1 is 1.08 bits per heavy atom. The van der Waals surface area contributed by atoms with E-state index in [4.69, 9.17) is 0 Å². The molecule has 7 heteroatoms. The zero-order chi connectivity index (χ0) is 19.2. The van der Waals surface area contributed by atoms with Gasteiger partial charge in [-0.2, -0.15) is 4.72 Å². The number of carbonyl (C=O) groups is 1. The van der Waals surface area contributed by atoms with Gasteiger partial charge in [0.15, 0.2) is 0 Å². The lowest BCUT2D eigenvalue weighted by Crippen LogP contribution is -2.50. The number of nitrogens with one attached hydrogen (secondary N) is 2. The molecule has 0 aliphatic carbocycles. The molecule has 0 heterocycles. The van der Waals surface area contributed by atoms with Crippen molar-refractivity contribution < 1.29 is 17.6 Å². The fourth-order valence-corrected chi connectivity index (χ4v) is 3.55. The van der Waals surface area contributed by atoms with Crippen molar-refractivity contribution in [3.05, 3.63) is 66.0 Å². The van der Waals surface area contributed by atoms with Gasteiger partial charge in [-0.1, -0.05) is 37.3 Å². The minimum atomic E-state index is -3.96. The maximum atomic E-state index is 13.1. The van der Waals surface area contributed by atoms with Crippen LogP contribution in [0.2, 0.25) is 0 Å². The number of amides is 1. The Hall–Kier alpha value is -2.25. The molecule has 26 heavy (non-hydrogen) atoms. The number of carbonyl (C=O) groups excluding carboxylic acids is 1. The lowest BCUT2D eigenvalue weighted by atomic mass is 10.1. The third-order valence-corrected chi connectivity index (χ3v) is 5.51. The summed E-state index contributed by atoms with van der Waals surface area (Å²) in [5, 5.41) is 2.81. The van der Waals surface area contributed by atoms with Gasteiger partial charge in [0.1, 0.15) is 11.9 Å².